The van der Waals surface area contributed by atoms with Gasteiger partial charge in [0.05, 0.1) is 0 Å². The number of nitrogens with one attached hydrogen (secondary N) is 1. The van der Waals surface area contributed by atoms with Crippen molar-refractivity contribution < 1.29 is 18.4 Å². The first-order valence-corrected chi connectivity index (χ1v) is 9.21. The van der Waals surface area contributed by atoms with Crippen LogP contribution >= 0.6 is 0 Å². The fraction of sp³-hybridized carbons (Fsp3) is 0.286. The van der Waals surface area contributed by atoms with Crippen LogP contribution in [0.25, 0.3) is 0 Å². The number of hydrogen-bond donors (Lipinski definition) is 1. The van der Waals surface area contributed by atoms with E-state index in [1.165, 1.54) is 11.0 Å². The van der Waals surface area contributed by atoms with Gasteiger partial charge < -0.3 is 10.2 Å². The van der Waals surface area contributed by atoms with Gasteiger partial charge in [-0.15, -0.1) is 0 Å². The summed E-state index contributed by atoms with van der Waals surface area (Å²) in [5.74, 6) is -2.79. The van der Waals surface area contributed by atoms with Gasteiger partial charge in [-0.3, -0.25) is 14.6 Å². The number of halogens is 2. The van der Waals surface area contributed by atoms with E-state index in [-0.39, 0.29) is 18.1 Å². The highest BCUT2D eigenvalue weighted by molar-refractivity contribution is 6.47. The lowest BCUT2D eigenvalue weighted by Crippen LogP contribution is -2.48. The minimum Gasteiger partial charge on any atom is -0.324 e. The molecule has 2 amide bonds. The van der Waals surface area contributed by atoms with E-state index < -0.39 is 23.2 Å². The summed E-state index contributed by atoms with van der Waals surface area (Å²) in [6.45, 7) is -0.197. The quantitative estimate of drug-likeness (QED) is 0.878. The highest BCUT2D eigenvalue weighted by Gasteiger charge is 2.49. The van der Waals surface area contributed by atoms with Crippen molar-refractivity contribution in [3.05, 3.63) is 65.7 Å². The molecule has 0 radical (unpaired) electrons. The van der Waals surface area contributed by atoms with E-state index in [0.29, 0.717) is 18.6 Å². The molecular formula is C21H19F2N3O2. The van der Waals surface area contributed by atoms with E-state index in [9.17, 15) is 18.4 Å². The average Bonchev–Trinajstić information content (AvgIpc) is 3.26. The van der Waals surface area contributed by atoms with E-state index in [0.717, 1.165) is 30.5 Å². The summed E-state index contributed by atoms with van der Waals surface area (Å²) >= 11 is 0. The van der Waals surface area contributed by atoms with E-state index in [2.05, 4.69) is 5.32 Å². The first kappa shape index (κ1) is 18.3. The zero-order chi connectivity index (χ0) is 19.7. The molecule has 1 heterocycles. The molecule has 4 rings (SSSR count). The van der Waals surface area contributed by atoms with Gasteiger partial charge in [-0.05, 0) is 37.8 Å². The van der Waals surface area contributed by atoms with Crippen molar-refractivity contribution >= 4 is 23.2 Å². The Morgan fingerprint density at radius 3 is 2.46 bits per heavy atom. The summed E-state index contributed by atoms with van der Waals surface area (Å²) in [4.78, 5) is 31.8. The van der Waals surface area contributed by atoms with Crippen LogP contribution in [0.5, 0.6) is 0 Å². The Kier molecular flexibility index (Phi) is 4.66. The number of nitrogens with zero attached hydrogens (tertiary/aromatic N) is 2. The first-order chi connectivity index (χ1) is 13.5. The molecular weight excluding hydrogens is 364 g/mol. The molecule has 0 saturated heterocycles. The van der Waals surface area contributed by atoms with Crippen molar-refractivity contribution in [2.24, 2.45) is 4.99 Å². The van der Waals surface area contributed by atoms with Crippen LogP contribution in [0.4, 0.5) is 14.5 Å². The molecule has 1 spiro atoms. The SMILES string of the molecule is O=C(CN1C(=O)C(c2ccccc2)=NC12CCCC2)Nc1ccc(F)c(F)c1. The third-order valence-corrected chi connectivity index (χ3v) is 5.23. The molecule has 1 fully saturated rings. The molecule has 1 aliphatic heterocycles. The van der Waals surface area contributed by atoms with Crippen LogP contribution < -0.4 is 5.32 Å². The molecule has 144 valence electrons. The largest absolute Gasteiger partial charge is 0.324 e. The number of amides is 2. The Balaban J connectivity index is 1.55. The molecule has 2 aliphatic rings. The van der Waals surface area contributed by atoms with Gasteiger partial charge in [-0.25, -0.2) is 8.78 Å². The lowest BCUT2D eigenvalue weighted by atomic mass is 10.1. The molecule has 1 aliphatic carbocycles. The van der Waals surface area contributed by atoms with Crippen LogP contribution in [0, 0.1) is 11.6 Å². The summed E-state index contributed by atoms with van der Waals surface area (Å²) in [7, 11) is 0. The highest BCUT2D eigenvalue weighted by atomic mass is 19.2. The molecule has 0 aromatic heterocycles. The Morgan fingerprint density at radius 1 is 1.07 bits per heavy atom. The molecule has 7 heteroatoms. The van der Waals surface area contributed by atoms with Crippen LogP contribution in [-0.2, 0) is 9.59 Å². The van der Waals surface area contributed by atoms with E-state index in [4.69, 9.17) is 4.99 Å². The van der Waals surface area contributed by atoms with Crippen molar-refractivity contribution in [1.29, 1.82) is 0 Å². The maximum absolute atomic E-state index is 13.4. The third kappa shape index (κ3) is 3.28. The number of benzene rings is 2. The predicted octanol–water partition coefficient (Wildman–Crippen LogP) is 3.51. The lowest BCUT2D eigenvalue weighted by Gasteiger charge is -2.32. The zero-order valence-corrected chi connectivity index (χ0v) is 15.1. The Labute approximate surface area is 161 Å². The van der Waals surface area contributed by atoms with Gasteiger partial charge in [0.2, 0.25) is 5.91 Å². The number of anilines is 1. The molecule has 28 heavy (non-hydrogen) atoms. The Hall–Kier alpha value is -3.09. The Morgan fingerprint density at radius 2 is 1.79 bits per heavy atom. The second-order valence-electron chi connectivity index (χ2n) is 7.08. The van der Waals surface area contributed by atoms with Crippen LogP contribution in [0.1, 0.15) is 31.2 Å². The monoisotopic (exact) mass is 383 g/mol. The minimum absolute atomic E-state index is 0.139. The maximum atomic E-state index is 13.4. The molecule has 0 bridgehead atoms. The van der Waals surface area contributed by atoms with Gasteiger partial charge in [0.25, 0.3) is 5.91 Å². The second kappa shape index (κ2) is 7.14. The van der Waals surface area contributed by atoms with Gasteiger partial charge in [-0.1, -0.05) is 30.3 Å². The molecule has 0 unspecified atom stereocenters. The maximum Gasteiger partial charge on any atom is 0.275 e. The van der Waals surface area contributed by atoms with Crippen molar-refractivity contribution in [3.8, 4) is 0 Å². The fourth-order valence-corrected chi connectivity index (χ4v) is 3.88. The van der Waals surface area contributed by atoms with Gasteiger partial charge in [0.1, 0.15) is 17.9 Å². The molecule has 2 aromatic carbocycles. The molecule has 1 saturated carbocycles. The van der Waals surface area contributed by atoms with Gasteiger partial charge in [0, 0.05) is 17.3 Å². The number of hydrogen-bond acceptors (Lipinski definition) is 3. The predicted molar refractivity (Wildman–Crippen MR) is 101 cm³/mol. The van der Waals surface area contributed by atoms with E-state index in [1.807, 2.05) is 30.3 Å². The van der Waals surface area contributed by atoms with E-state index >= 15 is 0 Å². The van der Waals surface area contributed by atoms with Crippen molar-refractivity contribution in [2.75, 3.05) is 11.9 Å². The minimum atomic E-state index is -1.04. The van der Waals surface area contributed by atoms with E-state index in [1.54, 1.807) is 0 Å². The molecule has 5 nitrogen and oxygen atoms in total. The second-order valence-corrected chi connectivity index (χ2v) is 7.08. The normalized spacial score (nSPS) is 17.9. The van der Waals surface area contributed by atoms with Gasteiger partial charge >= 0.3 is 0 Å². The average molecular weight is 383 g/mol. The molecule has 2 aromatic rings. The van der Waals surface area contributed by atoms with Gasteiger partial charge in [-0.2, -0.15) is 0 Å². The number of rotatable bonds is 4. The zero-order valence-electron chi connectivity index (χ0n) is 15.1. The fourth-order valence-electron chi connectivity index (χ4n) is 3.88. The summed E-state index contributed by atoms with van der Waals surface area (Å²) < 4.78 is 26.4. The summed E-state index contributed by atoms with van der Waals surface area (Å²) in [6.07, 6.45) is 3.27. The first-order valence-electron chi connectivity index (χ1n) is 9.21. The third-order valence-electron chi connectivity index (χ3n) is 5.23. The topological polar surface area (TPSA) is 61.8 Å². The van der Waals surface area contributed by atoms with Crippen molar-refractivity contribution in [1.82, 2.24) is 4.90 Å². The van der Waals surface area contributed by atoms with Crippen LogP contribution in [0.3, 0.4) is 0 Å². The summed E-state index contributed by atoms with van der Waals surface area (Å²) in [5, 5.41) is 2.53. The standard InChI is InChI=1S/C21H19F2N3O2/c22-16-9-8-15(12-17(16)23)24-18(27)13-26-20(28)19(14-6-2-1-3-7-14)25-21(26)10-4-5-11-21/h1-3,6-9,12H,4-5,10-11,13H2,(H,24,27). The summed E-state index contributed by atoms with van der Waals surface area (Å²) in [5.41, 5.74) is 0.527. The van der Waals surface area contributed by atoms with Gasteiger partial charge in [0.15, 0.2) is 11.6 Å². The summed E-state index contributed by atoms with van der Waals surface area (Å²) in [6, 6.07) is 12.3. The number of aliphatic imine (C=N–C) groups is 1. The van der Waals surface area contributed by atoms with Crippen LogP contribution in [-0.4, -0.2) is 34.6 Å². The highest BCUT2D eigenvalue weighted by Crippen LogP contribution is 2.40. The van der Waals surface area contributed by atoms with Crippen molar-refractivity contribution in [3.63, 3.8) is 0 Å². The number of carbonyl (C=O) groups excluding carboxylic acids is 2. The van der Waals surface area contributed by atoms with Crippen LogP contribution in [0.2, 0.25) is 0 Å². The molecule has 0 atom stereocenters. The van der Waals surface area contributed by atoms with Crippen molar-refractivity contribution in [2.45, 2.75) is 31.3 Å². The molecule has 1 N–H and O–H groups in total. The lowest BCUT2D eigenvalue weighted by molar-refractivity contribution is -0.132. The van der Waals surface area contributed by atoms with Crippen LogP contribution in [0.15, 0.2) is 53.5 Å². The smallest absolute Gasteiger partial charge is 0.275 e. The number of carbonyl (C=O) groups is 2. The Bertz CT molecular complexity index is 953.